The van der Waals surface area contributed by atoms with Crippen LogP contribution in [0.15, 0.2) is 11.6 Å². The second-order valence-electron chi connectivity index (χ2n) is 12.6. The number of rotatable bonds is 4. The van der Waals surface area contributed by atoms with Gasteiger partial charge in [-0.1, -0.05) is 27.2 Å². The monoisotopic (exact) mass is 537 g/mol. The standard InChI is InChI=1S/C28H37F2NO7/c1-4-5-22-37-21-12-15-16-11-18(29)17-10-14(32)6-8-25(17,2)27(16,30)20(33)13-26(15,3)28(21,38-22)24(35)31-19-7-9-36-23(19)34/h10,15-16,18-22,33H,4-9,11-13H2,1-3H3,(H,31,35)/t15-,16-,18-,19?,20-,21+,22+,25-,26-,27-,28-/m0/s1. The van der Waals surface area contributed by atoms with Gasteiger partial charge in [-0.25, -0.2) is 13.6 Å². The van der Waals surface area contributed by atoms with E-state index in [0.29, 0.717) is 12.8 Å². The molecule has 2 N–H and O–H groups in total. The van der Waals surface area contributed by atoms with Crippen LogP contribution in [0, 0.1) is 22.7 Å². The molecule has 10 heteroatoms. The maximum atomic E-state index is 17.5. The zero-order valence-corrected chi connectivity index (χ0v) is 22.1. The number of halogens is 2. The predicted octanol–water partition coefficient (Wildman–Crippen LogP) is 2.85. The Morgan fingerprint density at radius 1 is 1.24 bits per heavy atom. The lowest BCUT2D eigenvalue weighted by Crippen LogP contribution is -2.72. The van der Waals surface area contributed by atoms with Gasteiger partial charge in [-0.05, 0) is 49.7 Å². The van der Waals surface area contributed by atoms with E-state index < -0.39 is 76.5 Å². The largest absolute Gasteiger partial charge is 0.464 e. The molecular weight excluding hydrogens is 500 g/mol. The van der Waals surface area contributed by atoms with E-state index in [1.807, 2.05) is 13.8 Å². The summed E-state index contributed by atoms with van der Waals surface area (Å²) in [6.07, 6.45) is -1.38. The second-order valence-corrected chi connectivity index (χ2v) is 12.6. The first kappa shape index (κ1) is 26.3. The van der Waals surface area contributed by atoms with Crippen molar-refractivity contribution in [1.29, 1.82) is 0 Å². The third-order valence-corrected chi connectivity index (χ3v) is 10.9. The van der Waals surface area contributed by atoms with Crippen molar-refractivity contribution in [2.45, 2.75) is 114 Å². The summed E-state index contributed by atoms with van der Waals surface area (Å²) < 4.78 is 51.0. The topological polar surface area (TPSA) is 111 Å². The van der Waals surface area contributed by atoms with E-state index in [2.05, 4.69) is 5.32 Å². The van der Waals surface area contributed by atoms with Gasteiger partial charge in [-0.2, -0.15) is 0 Å². The van der Waals surface area contributed by atoms with Crippen molar-refractivity contribution in [2.24, 2.45) is 22.7 Å². The van der Waals surface area contributed by atoms with Crippen LogP contribution < -0.4 is 5.32 Å². The molecule has 2 heterocycles. The number of ketones is 1. The van der Waals surface area contributed by atoms with Gasteiger partial charge in [0.15, 0.2) is 17.7 Å². The highest BCUT2D eigenvalue weighted by atomic mass is 19.1. The van der Waals surface area contributed by atoms with Crippen LogP contribution in [-0.2, 0) is 28.6 Å². The smallest absolute Gasteiger partial charge is 0.328 e. The normalized spacial score (nSPS) is 51.4. The molecule has 2 saturated heterocycles. The van der Waals surface area contributed by atoms with Gasteiger partial charge in [0.05, 0.1) is 18.8 Å². The van der Waals surface area contributed by atoms with Gasteiger partial charge in [0.25, 0.3) is 5.91 Å². The van der Waals surface area contributed by atoms with E-state index in [-0.39, 0.29) is 50.1 Å². The number of aliphatic hydroxyl groups excluding tert-OH is 1. The minimum absolute atomic E-state index is 0.0944. The molecule has 0 radical (unpaired) electrons. The summed E-state index contributed by atoms with van der Waals surface area (Å²) in [5.41, 5.74) is -6.05. The first-order valence-electron chi connectivity index (χ1n) is 14.0. The number of aliphatic hydroxyl groups is 1. The number of fused-ring (bicyclic) bond motifs is 7. The summed E-state index contributed by atoms with van der Waals surface area (Å²) in [6, 6.07) is -0.820. The molecule has 0 spiro atoms. The molecule has 0 aromatic rings. The highest BCUT2D eigenvalue weighted by Gasteiger charge is 2.80. The average molecular weight is 538 g/mol. The van der Waals surface area contributed by atoms with Gasteiger partial charge in [-0.3, -0.25) is 9.59 Å². The first-order chi connectivity index (χ1) is 17.9. The fraction of sp³-hybridized carbons (Fsp3) is 0.821. The van der Waals surface area contributed by atoms with Crippen molar-refractivity contribution in [3.63, 3.8) is 0 Å². The Balaban J connectivity index is 1.42. The Labute approximate surface area is 220 Å². The van der Waals surface area contributed by atoms with Gasteiger partial charge in [-0.15, -0.1) is 0 Å². The van der Waals surface area contributed by atoms with Crippen LogP contribution in [0.25, 0.3) is 0 Å². The minimum atomic E-state index is -2.18. The van der Waals surface area contributed by atoms with Gasteiger partial charge in [0.2, 0.25) is 0 Å². The average Bonchev–Trinajstić information content (AvgIpc) is 3.50. The second kappa shape index (κ2) is 8.54. The van der Waals surface area contributed by atoms with E-state index >= 15 is 8.78 Å². The van der Waals surface area contributed by atoms with E-state index in [1.54, 1.807) is 6.92 Å². The Morgan fingerprint density at radius 3 is 2.68 bits per heavy atom. The van der Waals surface area contributed by atoms with Crippen molar-refractivity contribution in [3.8, 4) is 0 Å². The first-order valence-corrected chi connectivity index (χ1v) is 14.0. The Bertz CT molecular complexity index is 1100. The number of ether oxygens (including phenoxy) is 3. The quantitative estimate of drug-likeness (QED) is 0.531. The van der Waals surface area contributed by atoms with E-state index in [0.717, 1.165) is 6.42 Å². The Hall–Kier alpha value is -1.91. The third-order valence-electron chi connectivity index (χ3n) is 10.9. The lowest BCUT2D eigenvalue weighted by Gasteiger charge is -2.64. The molecule has 8 nitrogen and oxygen atoms in total. The molecule has 0 bridgehead atoms. The van der Waals surface area contributed by atoms with Crippen LogP contribution in [-0.4, -0.2) is 71.4 Å². The Morgan fingerprint density at radius 2 is 2.00 bits per heavy atom. The van der Waals surface area contributed by atoms with Crippen molar-refractivity contribution in [3.05, 3.63) is 11.6 Å². The number of allylic oxidation sites excluding steroid dienone is 1. The molecule has 210 valence electrons. The van der Waals surface area contributed by atoms with Crippen LogP contribution >= 0.6 is 0 Å². The maximum absolute atomic E-state index is 17.5. The summed E-state index contributed by atoms with van der Waals surface area (Å²) in [7, 11) is 0. The van der Waals surface area contributed by atoms with Gasteiger partial charge in [0, 0.05) is 29.6 Å². The molecule has 2 aliphatic heterocycles. The number of carbonyl (C=O) groups is 3. The molecule has 5 fully saturated rings. The van der Waals surface area contributed by atoms with Crippen LogP contribution in [0.5, 0.6) is 0 Å². The van der Waals surface area contributed by atoms with E-state index in [9.17, 15) is 19.5 Å². The van der Waals surface area contributed by atoms with Crippen LogP contribution in [0.1, 0.15) is 72.1 Å². The predicted molar refractivity (Wildman–Crippen MR) is 129 cm³/mol. The molecule has 6 rings (SSSR count). The summed E-state index contributed by atoms with van der Waals surface area (Å²) in [5.74, 6) is -2.72. The molecule has 6 aliphatic rings. The number of carbonyl (C=O) groups excluding carboxylic acids is 3. The fourth-order valence-corrected chi connectivity index (χ4v) is 9.03. The molecule has 1 amide bonds. The lowest BCUT2D eigenvalue weighted by molar-refractivity contribution is -0.242. The summed E-state index contributed by atoms with van der Waals surface area (Å²) >= 11 is 0. The highest BCUT2D eigenvalue weighted by Crippen LogP contribution is 2.72. The van der Waals surface area contributed by atoms with Crippen LogP contribution in [0.2, 0.25) is 0 Å². The number of cyclic esters (lactones) is 1. The van der Waals surface area contributed by atoms with Crippen molar-refractivity contribution in [1.82, 2.24) is 5.32 Å². The molecule has 38 heavy (non-hydrogen) atoms. The number of hydrogen-bond donors (Lipinski definition) is 2. The minimum Gasteiger partial charge on any atom is -0.464 e. The van der Waals surface area contributed by atoms with E-state index in [1.165, 1.54) is 6.08 Å². The number of nitrogens with one attached hydrogen (secondary N) is 1. The van der Waals surface area contributed by atoms with Gasteiger partial charge >= 0.3 is 5.97 Å². The van der Waals surface area contributed by atoms with Crippen molar-refractivity contribution in [2.75, 3.05) is 6.61 Å². The summed E-state index contributed by atoms with van der Waals surface area (Å²) in [4.78, 5) is 38.4. The number of alkyl halides is 2. The van der Waals surface area contributed by atoms with Crippen molar-refractivity contribution >= 4 is 17.7 Å². The van der Waals surface area contributed by atoms with Crippen LogP contribution in [0.3, 0.4) is 0 Å². The summed E-state index contributed by atoms with van der Waals surface area (Å²) in [6.45, 7) is 5.62. The maximum Gasteiger partial charge on any atom is 0.328 e. The molecule has 0 aromatic carbocycles. The third kappa shape index (κ3) is 3.14. The van der Waals surface area contributed by atoms with E-state index in [4.69, 9.17) is 14.2 Å². The van der Waals surface area contributed by atoms with Gasteiger partial charge in [0.1, 0.15) is 17.9 Å². The lowest BCUT2D eigenvalue weighted by atomic mass is 9.43. The number of hydrogen-bond acceptors (Lipinski definition) is 7. The fourth-order valence-electron chi connectivity index (χ4n) is 9.03. The van der Waals surface area contributed by atoms with Crippen LogP contribution in [0.4, 0.5) is 8.78 Å². The summed E-state index contributed by atoms with van der Waals surface area (Å²) in [5, 5.41) is 14.4. The molecule has 1 unspecified atom stereocenters. The SMILES string of the molecule is CCC[C@@H]1O[C@@H]2C[C@H]3[C@@H]4C[C@H](F)C5=CC(=O)CC[C@]5(C)[C@@]4(F)[C@@H](O)C[C@]3(C)[C@]2(C(=O)NC2CCOC2=O)O1. The molecule has 0 aromatic heterocycles. The Kier molecular flexibility index (Phi) is 5.92. The zero-order valence-electron chi connectivity index (χ0n) is 22.1. The molecular formula is C28H37F2NO7. The molecule has 11 atom stereocenters. The molecule has 3 saturated carbocycles. The number of esters is 1. The van der Waals surface area contributed by atoms with Gasteiger partial charge < -0.3 is 24.6 Å². The number of amides is 1. The zero-order chi connectivity index (χ0) is 27.3. The van der Waals surface area contributed by atoms with Crippen molar-refractivity contribution < 1.29 is 42.5 Å². The highest BCUT2D eigenvalue weighted by molar-refractivity contribution is 5.93. The molecule has 4 aliphatic carbocycles.